The van der Waals surface area contributed by atoms with E-state index < -0.39 is 5.97 Å². The Kier molecular flexibility index (Phi) is 6.00. The lowest BCUT2D eigenvalue weighted by atomic mass is 9.97. The summed E-state index contributed by atoms with van der Waals surface area (Å²) in [6.45, 7) is 3.85. The normalized spacial score (nSPS) is 16.4. The average molecular weight is 443 g/mol. The molecule has 2 N–H and O–H groups in total. The van der Waals surface area contributed by atoms with Crippen molar-refractivity contribution in [2.75, 3.05) is 26.8 Å². The zero-order chi connectivity index (χ0) is 22.1. The number of carbonyl (C=O) groups excluding carboxylic acids is 2. The van der Waals surface area contributed by atoms with Crippen LogP contribution in [0, 0.1) is 6.92 Å². The van der Waals surface area contributed by atoms with Crippen molar-refractivity contribution in [2.45, 2.75) is 19.4 Å². The minimum Gasteiger partial charge on any atom is -0.550 e. The Balaban J connectivity index is 1.99. The molecule has 1 saturated heterocycles. The molecule has 8 heteroatoms. The van der Waals surface area contributed by atoms with Gasteiger partial charge in [-0.3, -0.25) is 9.36 Å². The van der Waals surface area contributed by atoms with Crippen LogP contribution in [-0.4, -0.2) is 43.2 Å². The number of halogens is 1. The first kappa shape index (κ1) is 21.4. The van der Waals surface area contributed by atoms with E-state index in [0.29, 0.717) is 51.6 Å². The van der Waals surface area contributed by atoms with Gasteiger partial charge in [-0.15, -0.1) is 0 Å². The van der Waals surface area contributed by atoms with E-state index in [0.717, 1.165) is 12.1 Å². The second kappa shape index (κ2) is 8.70. The molecule has 0 bridgehead atoms. The fourth-order valence-electron chi connectivity index (χ4n) is 4.26. The van der Waals surface area contributed by atoms with Gasteiger partial charge >= 0.3 is 0 Å². The number of benzene rings is 2. The molecule has 0 spiro atoms. The minimum absolute atomic E-state index is 0.268. The van der Waals surface area contributed by atoms with E-state index in [4.69, 9.17) is 21.1 Å². The number of aromatic nitrogens is 1. The number of methoxy groups -OCH3 is 1. The highest BCUT2D eigenvalue weighted by atomic mass is 35.5. The maximum atomic E-state index is 13.4. The topological polar surface area (TPSA) is 97.2 Å². The lowest BCUT2D eigenvalue weighted by Crippen LogP contribution is -2.88. The summed E-state index contributed by atoms with van der Waals surface area (Å²) in [5.74, 6) is -0.884. The molecule has 3 aromatic rings. The Morgan fingerprint density at radius 2 is 2.00 bits per heavy atom. The van der Waals surface area contributed by atoms with Crippen molar-refractivity contribution < 1.29 is 29.5 Å². The molecule has 7 nitrogen and oxygen atoms in total. The van der Waals surface area contributed by atoms with Crippen LogP contribution in [-0.2, 0) is 16.0 Å². The molecule has 2 aromatic carbocycles. The summed E-state index contributed by atoms with van der Waals surface area (Å²) in [6, 6.07) is 10.2. The van der Waals surface area contributed by atoms with Gasteiger partial charge in [-0.05, 0) is 48.9 Å². The van der Waals surface area contributed by atoms with Crippen LogP contribution < -0.4 is 15.2 Å². The number of hydrogen-bond donors (Lipinski definition) is 1. The van der Waals surface area contributed by atoms with Crippen LogP contribution in [0.15, 0.2) is 36.4 Å². The molecule has 1 atom stereocenters. The number of fused-ring (bicyclic) bond motifs is 1. The van der Waals surface area contributed by atoms with Gasteiger partial charge in [-0.2, -0.15) is 0 Å². The largest absolute Gasteiger partial charge is 0.550 e. The van der Waals surface area contributed by atoms with E-state index in [-0.39, 0.29) is 18.4 Å². The molecule has 4 rings (SSSR count). The molecule has 1 aliphatic rings. The van der Waals surface area contributed by atoms with E-state index in [1.807, 2.05) is 0 Å². The molecule has 2 heterocycles. The molecule has 1 unspecified atom stereocenters. The molecular weight excluding hydrogens is 420 g/mol. The van der Waals surface area contributed by atoms with Crippen LogP contribution in [0.1, 0.15) is 33.3 Å². The number of carboxylic acids is 1. The third-order valence-corrected chi connectivity index (χ3v) is 5.93. The quantitative estimate of drug-likeness (QED) is 0.641. The fourth-order valence-corrected chi connectivity index (χ4v) is 4.39. The molecule has 1 aromatic heterocycles. The first-order valence-corrected chi connectivity index (χ1v) is 10.4. The molecule has 0 aliphatic carbocycles. The molecule has 1 aliphatic heterocycles. The van der Waals surface area contributed by atoms with Crippen LogP contribution in [0.5, 0.6) is 5.75 Å². The molecular formula is C23H23ClN2O5. The van der Waals surface area contributed by atoms with Gasteiger partial charge in [0.1, 0.15) is 18.4 Å². The van der Waals surface area contributed by atoms with Crippen LogP contribution >= 0.6 is 11.6 Å². The Labute approximate surface area is 184 Å². The highest BCUT2D eigenvalue weighted by Crippen LogP contribution is 2.39. The predicted molar refractivity (Wildman–Crippen MR) is 113 cm³/mol. The van der Waals surface area contributed by atoms with Crippen molar-refractivity contribution in [3.8, 4) is 5.75 Å². The van der Waals surface area contributed by atoms with Crippen molar-refractivity contribution in [1.82, 2.24) is 4.57 Å². The second-order valence-corrected chi connectivity index (χ2v) is 7.94. The van der Waals surface area contributed by atoms with Gasteiger partial charge in [-0.25, -0.2) is 0 Å². The van der Waals surface area contributed by atoms with Gasteiger partial charge < -0.3 is 24.7 Å². The van der Waals surface area contributed by atoms with E-state index >= 15 is 0 Å². The summed E-state index contributed by atoms with van der Waals surface area (Å²) in [4.78, 5) is 25.0. The van der Waals surface area contributed by atoms with Crippen LogP contribution in [0.4, 0.5) is 0 Å². The zero-order valence-corrected chi connectivity index (χ0v) is 18.1. The summed E-state index contributed by atoms with van der Waals surface area (Å²) in [7, 11) is 1.57. The average Bonchev–Trinajstić information content (AvgIpc) is 3.04. The maximum absolute atomic E-state index is 13.4. The number of quaternary nitrogens is 1. The Hall–Kier alpha value is -2.87. The third-order valence-electron chi connectivity index (χ3n) is 5.68. The van der Waals surface area contributed by atoms with Crippen molar-refractivity contribution in [1.29, 1.82) is 0 Å². The third kappa shape index (κ3) is 3.92. The SMILES string of the molecule is COc1ccc2c(c(CC(=O)[O-])c(C)n2C(=O)c2ccc(Cl)cc2)c1C1C[NH2+]CCO1. The number of rotatable bonds is 5. The number of aliphatic carboxylic acids is 1. The molecule has 1 fully saturated rings. The number of hydrogen-bond acceptors (Lipinski definition) is 5. The van der Waals surface area contributed by atoms with Gasteiger partial charge in [0.2, 0.25) is 0 Å². The molecule has 31 heavy (non-hydrogen) atoms. The number of morpholine rings is 1. The summed E-state index contributed by atoms with van der Waals surface area (Å²) in [6.07, 6.45) is -0.603. The first-order chi connectivity index (χ1) is 14.9. The Morgan fingerprint density at radius 1 is 1.26 bits per heavy atom. The lowest BCUT2D eigenvalue weighted by Gasteiger charge is -2.24. The fraction of sp³-hybridized carbons (Fsp3) is 0.304. The number of nitrogens with zero attached hydrogens (tertiary/aromatic N) is 1. The van der Waals surface area contributed by atoms with Gasteiger partial charge in [0.15, 0.2) is 0 Å². The monoisotopic (exact) mass is 442 g/mol. The number of carbonyl (C=O) groups is 2. The molecule has 0 radical (unpaired) electrons. The summed E-state index contributed by atoms with van der Waals surface area (Å²) in [5.41, 5.74) is 2.90. The molecule has 0 saturated carbocycles. The van der Waals surface area contributed by atoms with Crippen LogP contribution in [0.3, 0.4) is 0 Å². The number of nitrogens with two attached hydrogens (primary N) is 1. The predicted octanol–water partition coefficient (Wildman–Crippen LogP) is 1.23. The van der Waals surface area contributed by atoms with E-state index in [9.17, 15) is 14.7 Å². The van der Waals surface area contributed by atoms with Gasteiger partial charge in [-0.1, -0.05) is 11.6 Å². The maximum Gasteiger partial charge on any atom is 0.262 e. The highest BCUT2D eigenvalue weighted by molar-refractivity contribution is 6.30. The molecule has 0 amide bonds. The van der Waals surface area contributed by atoms with Crippen molar-refractivity contribution in [3.63, 3.8) is 0 Å². The zero-order valence-electron chi connectivity index (χ0n) is 17.3. The van der Waals surface area contributed by atoms with Crippen LogP contribution in [0.25, 0.3) is 10.9 Å². The highest BCUT2D eigenvalue weighted by Gasteiger charge is 2.30. The van der Waals surface area contributed by atoms with E-state index in [1.165, 1.54) is 0 Å². The Morgan fingerprint density at radius 3 is 2.61 bits per heavy atom. The minimum atomic E-state index is -1.22. The number of carboxylic acid groups (broad SMARTS) is 1. The second-order valence-electron chi connectivity index (χ2n) is 7.51. The first-order valence-electron chi connectivity index (χ1n) is 10.1. The van der Waals surface area contributed by atoms with Gasteiger partial charge in [0.25, 0.3) is 5.91 Å². The standard InChI is InChI=1S/C23H23ClN2O5/c1-13-16(11-20(27)28)21-17(26(13)23(29)14-3-5-15(24)6-4-14)7-8-18(30-2)22(21)19-12-25-9-10-31-19/h3-8,19,25H,9-12H2,1-2H3,(H,27,28). The van der Waals surface area contributed by atoms with Crippen molar-refractivity contribution >= 4 is 34.4 Å². The lowest BCUT2D eigenvalue weighted by molar-refractivity contribution is -0.678. The van der Waals surface area contributed by atoms with Gasteiger partial charge in [0, 0.05) is 39.6 Å². The summed E-state index contributed by atoms with van der Waals surface area (Å²) < 4.78 is 13.2. The number of ether oxygens (including phenoxy) is 2. The van der Waals surface area contributed by atoms with Gasteiger partial charge in [0.05, 0.1) is 25.8 Å². The Bertz CT molecular complexity index is 1150. The van der Waals surface area contributed by atoms with Crippen molar-refractivity contribution in [2.24, 2.45) is 0 Å². The smallest absolute Gasteiger partial charge is 0.262 e. The van der Waals surface area contributed by atoms with E-state index in [1.54, 1.807) is 55.0 Å². The van der Waals surface area contributed by atoms with E-state index in [2.05, 4.69) is 5.32 Å². The van der Waals surface area contributed by atoms with Crippen molar-refractivity contribution in [3.05, 3.63) is 63.8 Å². The summed E-state index contributed by atoms with van der Waals surface area (Å²) >= 11 is 5.97. The summed E-state index contributed by atoms with van der Waals surface area (Å²) in [5, 5.41) is 14.9. The molecule has 162 valence electrons. The van der Waals surface area contributed by atoms with Crippen LogP contribution in [0.2, 0.25) is 5.02 Å².